The Morgan fingerprint density at radius 2 is 1.93 bits per heavy atom. The lowest BCUT2D eigenvalue weighted by atomic mass is 10.1. The van der Waals surface area contributed by atoms with Crippen molar-refractivity contribution in [3.63, 3.8) is 0 Å². The van der Waals surface area contributed by atoms with Crippen molar-refractivity contribution in [3.05, 3.63) is 64.6 Å². The van der Waals surface area contributed by atoms with Crippen molar-refractivity contribution in [1.82, 2.24) is 15.1 Å². The second kappa shape index (κ2) is 9.20. The maximum atomic E-state index is 12.9. The first-order valence-corrected chi connectivity index (χ1v) is 9.12. The van der Waals surface area contributed by atoms with Crippen LogP contribution in [0.5, 0.6) is 11.5 Å². The van der Waals surface area contributed by atoms with Crippen LogP contribution in [-0.4, -0.2) is 47.7 Å². The van der Waals surface area contributed by atoms with Crippen molar-refractivity contribution in [2.75, 3.05) is 20.8 Å². The molecule has 0 aliphatic carbocycles. The highest BCUT2D eigenvalue weighted by Gasteiger charge is 2.17. The number of aliphatic hydroxyl groups is 1. The molecular formula is C21H23N3O5. The molecule has 0 radical (unpaired) electrons. The standard InChI is InChI=1S/C21H23N3O5/c1-28-17-9-8-15-11-22-24(21(27)19(15)20(17)29-2)12-18(26)23-16(13-25)10-14-6-4-3-5-7-14/h3-9,11,16,25H,10,12-13H2,1-2H3,(H,23,26). The zero-order valence-corrected chi connectivity index (χ0v) is 16.3. The Bertz CT molecular complexity index is 1050. The highest BCUT2D eigenvalue weighted by Crippen LogP contribution is 2.32. The van der Waals surface area contributed by atoms with Crippen LogP contribution in [0.15, 0.2) is 53.5 Å². The van der Waals surface area contributed by atoms with Gasteiger partial charge in [0.15, 0.2) is 11.5 Å². The summed E-state index contributed by atoms with van der Waals surface area (Å²) in [6.45, 7) is -0.494. The topological polar surface area (TPSA) is 103 Å². The van der Waals surface area contributed by atoms with E-state index in [0.29, 0.717) is 23.3 Å². The number of nitrogens with one attached hydrogen (secondary N) is 1. The summed E-state index contributed by atoms with van der Waals surface area (Å²) < 4.78 is 11.6. The molecule has 3 rings (SSSR count). The van der Waals surface area contributed by atoms with Gasteiger partial charge in [0.25, 0.3) is 5.56 Å². The molecule has 1 aromatic heterocycles. The Balaban J connectivity index is 1.81. The zero-order chi connectivity index (χ0) is 20.8. The molecule has 0 aliphatic heterocycles. The molecule has 0 saturated heterocycles. The fourth-order valence-electron chi connectivity index (χ4n) is 3.17. The molecule has 3 aromatic rings. The van der Waals surface area contributed by atoms with Crippen LogP contribution in [-0.2, 0) is 17.8 Å². The third-order valence-electron chi connectivity index (χ3n) is 4.57. The summed E-state index contributed by atoms with van der Waals surface area (Å²) in [6, 6.07) is 12.5. The minimum absolute atomic E-state index is 0.217. The summed E-state index contributed by atoms with van der Waals surface area (Å²) in [5.41, 5.74) is 0.529. The van der Waals surface area contributed by atoms with Gasteiger partial charge in [0.05, 0.1) is 38.5 Å². The molecule has 152 valence electrons. The first kappa shape index (κ1) is 20.3. The molecule has 0 aliphatic rings. The Kier molecular flexibility index (Phi) is 6.46. The first-order chi connectivity index (χ1) is 14.1. The fourth-order valence-corrected chi connectivity index (χ4v) is 3.17. The number of carbonyl (C=O) groups is 1. The second-order valence-corrected chi connectivity index (χ2v) is 6.51. The van der Waals surface area contributed by atoms with E-state index < -0.39 is 17.5 Å². The molecule has 1 unspecified atom stereocenters. The van der Waals surface area contributed by atoms with Crippen molar-refractivity contribution in [2.24, 2.45) is 0 Å². The molecule has 29 heavy (non-hydrogen) atoms. The van der Waals surface area contributed by atoms with E-state index >= 15 is 0 Å². The quantitative estimate of drug-likeness (QED) is 0.591. The zero-order valence-electron chi connectivity index (χ0n) is 16.3. The Hall–Kier alpha value is -3.39. The molecular weight excluding hydrogens is 374 g/mol. The largest absolute Gasteiger partial charge is 0.493 e. The van der Waals surface area contributed by atoms with Crippen LogP contribution in [0.2, 0.25) is 0 Å². The monoisotopic (exact) mass is 397 g/mol. The number of hydrogen-bond donors (Lipinski definition) is 2. The Morgan fingerprint density at radius 1 is 1.17 bits per heavy atom. The lowest BCUT2D eigenvalue weighted by Crippen LogP contribution is -2.42. The van der Waals surface area contributed by atoms with Crippen molar-refractivity contribution < 1.29 is 19.4 Å². The van der Waals surface area contributed by atoms with Gasteiger partial charge in [0, 0.05) is 5.39 Å². The summed E-state index contributed by atoms with van der Waals surface area (Å²) in [5.74, 6) is 0.294. The van der Waals surface area contributed by atoms with Gasteiger partial charge in [-0.2, -0.15) is 5.10 Å². The lowest BCUT2D eigenvalue weighted by molar-refractivity contribution is -0.122. The van der Waals surface area contributed by atoms with Gasteiger partial charge in [0.2, 0.25) is 5.91 Å². The van der Waals surface area contributed by atoms with Gasteiger partial charge < -0.3 is 19.9 Å². The van der Waals surface area contributed by atoms with Crippen LogP contribution in [0, 0.1) is 0 Å². The molecule has 1 heterocycles. The summed E-state index contributed by atoms with van der Waals surface area (Å²) in [6.07, 6.45) is 1.98. The van der Waals surface area contributed by atoms with Crippen LogP contribution < -0.4 is 20.3 Å². The van der Waals surface area contributed by atoms with E-state index in [4.69, 9.17) is 9.47 Å². The van der Waals surface area contributed by atoms with Gasteiger partial charge in [-0.3, -0.25) is 9.59 Å². The maximum absolute atomic E-state index is 12.9. The molecule has 0 fully saturated rings. The number of carbonyl (C=O) groups excluding carboxylic acids is 1. The Labute approximate surface area is 167 Å². The van der Waals surface area contributed by atoms with Crippen molar-refractivity contribution >= 4 is 16.7 Å². The number of fused-ring (bicyclic) bond motifs is 1. The number of methoxy groups -OCH3 is 2. The van der Waals surface area contributed by atoms with E-state index in [2.05, 4.69) is 10.4 Å². The number of rotatable bonds is 8. The normalized spacial score (nSPS) is 11.8. The fraction of sp³-hybridized carbons (Fsp3) is 0.286. The van der Waals surface area contributed by atoms with Gasteiger partial charge in [-0.05, 0) is 24.1 Å². The van der Waals surface area contributed by atoms with Crippen LogP contribution in [0.1, 0.15) is 5.56 Å². The number of nitrogens with zero attached hydrogens (tertiary/aromatic N) is 2. The summed E-state index contributed by atoms with van der Waals surface area (Å²) in [4.78, 5) is 25.4. The van der Waals surface area contributed by atoms with Crippen molar-refractivity contribution in [3.8, 4) is 11.5 Å². The van der Waals surface area contributed by atoms with Gasteiger partial charge >= 0.3 is 0 Å². The minimum atomic E-state index is -0.462. The predicted octanol–water partition coefficient (Wildman–Crippen LogP) is 1.13. The molecule has 0 saturated carbocycles. The van der Waals surface area contributed by atoms with Gasteiger partial charge in [-0.1, -0.05) is 30.3 Å². The van der Waals surface area contributed by atoms with Gasteiger partial charge in [0.1, 0.15) is 6.54 Å². The van der Waals surface area contributed by atoms with Crippen LogP contribution in [0.25, 0.3) is 10.8 Å². The number of benzene rings is 2. The maximum Gasteiger partial charge on any atom is 0.279 e. The Morgan fingerprint density at radius 3 is 2.59 bits per heavy atom. The van der Waals surface area contributed by atoms with Crippen LogP contribution in [0.3, 0.4) is 0 Å². The second-order valence-electron chi connectivity index (χ2n) is 6.51. The molecule has 2 aromatic carbocycles. The first-order valence-electron chi connectivity index (χ1n) is 9.12. The van der Waals surface area contributed by atoms with E-state index in [0.717, 1.165) is 10.2 Å². The van der Waals surface area contributed by atoms with Gasteiger partial charge in [-0.25, -0.2) is 4.68 Å². The molecule has 8 heteroatoms. The number of amides is 1. The minimum Gasteiger partial charge on any atom is -0.493 e. The van der Waals surface area contributed by atoms with E-state index in [1.54, 1.807) is 12.1 Å². The number of ether oxygens (including phenoxy) is 2. The molecule has 0 bridgehead atoms. The number of aromatic nitrogens is 2. The smallest absolute Gasteiger partial charge is 0.279 e. The highest BCUT2D eigenvalue weighted by molar-refractivity contribution is 5.89. The van der Waals surface area contributed by atoms with Crippen molar-refractivity contribution in [1.29, 1.82) is 0 Å². The third kappa shape index (κ3) is 4.55. The predicted molar refractivity (Wildman–Crippen MR) is 108 cm³/mol. The average molecular weight is 397 g/mol. The molecule has 2 N–H and O–H groups in total. The molecule has 0 spiro atoms. The summed E-state index contributed by atoms with van der Waals surface area (Å²) in [7, 11) is 2.93. The van der Waals surface area contributed by atoms with E-state index in [-0.39, 0.29) is 18.5 Å². The SMILES string of the molecule is COc1ccc2cnn(CC(=O)NC(CO)Cc3ccccc3)c(=O)c2c1OC. The number of aliphatic hydroxyl groups excluding tert-OH is 1. The van der Waals surface area contributed by atoms with Crippen molar-refractivity contribution in [2.45, 2.75) is 19.0 Å². The highest BCUT2D eigenvalue weighted by atomic mass is 16.5. The van der Waals surface area contributed by atoms with Crippen LogP contribution >= 0.6 is 0 Å². The van der Waals surface area contributed by atoms with E-state index in [1.807, 2.05) is 30.3 Å². The third-order valence-corrected chi connectivity index (χ3v) is 4.57. The molecule has 1 atom stereocenters. The summed E-state index contributed by atoms with van der Waals surface area (Å²) in [5, 5.41) is 17.3. The molecule has 1 amide bonds. The molecule has 8 nitrogen and oxygen atoms in total. The van der Waals surface area contributed by atoms with Crippen LogP contribution in [0.4, 0.5) is 0 Å². The number of hydrogen-bond acceptors (Lipinski definition) is 6. The summed E-state index contributed by atoms with van der Waals surface area (Å²) >= 11 is 0. The van der Waals surface area contributed by atoms with E-state index in [1.165, 1.54) is 20.4 Å². The van der Waals surface area contributed by atoms with E-state index in [9.17, 15) is 14.7 Å². The van der Waals surface area contributed by atoms with Gasteiger partial charge in [-0.15, -0.1) is 0 Å². The lowest BCUT2D eigenvalue weighted by Gasteiger charge is -2.17. The average Bonchev–Trinajstić information content (AvgIpc) is 2.75.